The minimum absolute atomic E-state index is 0.237. The van der Waals surface area contributed by atoms with Gasteiger partial charge < -0.3 is 15.3 Å². The monoisotopic (exact) mass is 224 g/mol. The molecule has 1 rings (SSSR count). The van der Waals surface area contributed by atoms with Gasteiger partial charge >= 0.3 is 0 Å². The zero-order valence-electron chi connectivity index (χ0n) is 9.63. The maximum absolute atomic E-state index is 9.67. The molecule has 1 aromatic carbocycles. The van der Waals surface area contributed by atoms with Gasteiger partial charge in [0.05, 0.1) is 12.2 Å². The quantitative estimate of drug-likeness (QED) is 0.691. The number of aromatic hydroxyl groups is 1. The molecule has 0 bridgehead atoms. The fourth-order valence-electron chi connectivity index (χ4n) is 1.71. The molecular formula is C13H20O3. The molecule has 0 saturated carbocycles. The van der Waals surface area contributed by atoms with E-state index in [1.165, 1.54) is 0 Å². The van der Waals surface area contributed by atoms with Crippen LogP contribution < -0.4 is 0 Å². The zero-order chi connectivity index (χ0) is 12.0. The third kappa shape index (κ3) is 4.21. The van der Waals surface area contributed by atoms with E-state index in [0.29, 0.717) is 19.3 Å². The Morgan fingerprint density at radius 3 is 2.44 bits per heavy atom. The van der Waals surface area contributed by atoms with E-state index in [0.717, 1.165) is 12.0 Å². The summed E-state index contributed by atoms with van der Waals surface area (Å²) in [5.74, 6) is 0.237. The van der Waals surface area contributed by atoms with E-state index in [1.807, 2.05) is 13.0 Å². The molecular weight excluding hydrogens is 204 g/mol. The third-order valence-electron chi connectivity index (χ3n) is 2.67. The van der Waals surface area contributed by atoms with Crippen LogP contribution in [-0.2, 0) is 6.42 Å². The summed E-state index contributed by atoms with van der Waals surface area (Å²) < 4.78 is 0. The molecule has 1 aromatic rings. The average Bonchev–Trinajstić information content (AvgIpc) is 2.26. The first kappa shape index (κ1) is 13.0. The van der Waals surface area contributed by atoms with E-state index in [4.69, 9.17) is 0 Å². The van der Waals surface area contributed by atoms with Gasteiger partial charge in [-0.25, -0.2) is 0 Å². The van der Waals surface area contributed by atoms with Crippen molar-refractivity contribution in [2.24, 2.45) is 0 Å². The molecule has 0 spiro atoms. The van der Waals surface area contributed by atoms with E-state index < -0.39 is 12.2 Å². The molecule has 0 heterocycles. The van der Waals surface area contributed by atoms with Gasteiger partial charge in [0.25, 0.3) is 0 Å². The fourth-order valence-corrected chi connectivity index (χ4v) is 1.71. The Labute approximate surface area is 96.4 Å². The van der Waals surface area contributed by atoms with Crippen molar-refractivity contribution in [3.8, 4) is 5.75 Å². The van der Waals surface area contributed by atoms with Crippen LogP contribution in [0.15, 0.2) is 24.3 Å². The van der Waals surface area contributed by atoms with Crippen molar-refractivity contribution in [2.75, 3.05) is 0 Å². The van der Waals surface area contributed by atoms with Crippen LogP contribution in [0.2, 0.25) is 0 Å². The van der Waals surface area contributed by atoms with Crippen LogP contribution in [0.4, 0.5) is 0 Å². The molecule has 3 N–H and O–H groups in total. The highest BCUT2D eigenvalue weighted by atomic mass is 16.3. The normalized spacial score (nSPS) is 14.7. The Morgan fingerprint density at radius 2 is 1.81 bits per heavy atom. The molecule has 0 aromatic heterocycles. The van der Waals surface area contributed by atoms with Crippen LogP contribution in [0.25, 0.3) is 0 Å². The summed E-state index contributed by atoms with van der Waals surface area (Å²) in [5.41, 5.74) is 0.975. The van der Waals surface area contributed by atoms with Crippen molar-refractivity contribution in [2.45, 2.75) is 44.8 Å². The SMILES string of the molecule is CCCC(O)C(O)CCc1cccc(O)c1. The van der Waals surface area contributed by atoms with E-state index in [2.05, 4.69) is 0 Å². The second-order valence-electron chi connectivity index (χ2n) is 4.13. The number of aliphatic hydroxyl groups excluding tert-OH is 2. The van der Waals surface area contributed by atoms with Crippen LogP contribution in [-0.4, -0.2) is 27.5 Å². The standard InChI is InChI=1S/C13H20O3/c1-2-4-12(15)13(16)8-7-10-5-3-6-11(14)9-10/h3,5-6,9,12-16H,2,4,7-8H2,1H3. The van der Waals surface area contributed by atoms with Crippen molar-refractivity contribution in [1.29, 1.82) is 0 Å². The molecule has 0 aliphatic rings. The number of benzene rings is 1. The van der Waals surface area contributed by atoms with Gasteiger partial charge in [-0.2, -0.15) is 0 Å². The summed E-state index contributed by atoms with van der Waals surface area (Å²) >= 11 is 0. The fraction of sp³-hybridized carbons (Fsp3) is 0.538. The second kappa shape index (κ2) is 6.51. The van der Waals surface area contributed by atoms with Gasteiger partial charge in [0.2, 0.25) is 0 Å². The molecule has 0 saturated heterocycles. The molecule has 0 amide bonds. The lowest BCUT2D eigenvalue weighted by Gasteiger charge is -2.16. The van der Waals surface area contributed by atoms with E-state index >= 15 is 0 Å². The summed E-state index contributed by atoms with van der Waals surface area (Å²) in [5, 5.41) is 28.5. The Kier molecular flexibility index (Phi) is 5.29. The average molecular weight is 224 g/mol. The molecule has 0 aliphatic heterocycles. The Bertz CT molecular complexity index is 312. The zero-order valence-corrected chi connectivity index (χ0v) is 9.63. The Balaban J connectivity index is 2.39. The van der Waals surface area contributed by atoms with Crippen molar-refractivity contribution in [1.82, 2.24) is 0 Å². The Morgan fingerprint density at radius 1 is 1.12 bits per heavy atom. The predicted molar refractivity (Wildman–Crippen MR) is 63.3 cm³/mol. The molecule has 16 heavy (non-hydrogen) atoms. The van der Waals surface area contributed by atoms with Crippen molar-refractivity contribution in [3.05, 3.63) is 29.8 Å². The van der Waals surface area contributed by atoms with Crippen LogP contribution in [0.1, 0.15) is 31.7 Å². The number of hydrogen-bond donors (Lipinski definition) is 3. The first-order valence-corrected chi connectivity index (χ1v) is 5.77. The lowest BCUT2D eigenvalue weighted by Crippen LogP contribution is -2.26. The van der Waals surface area contributed by atoms with Crippen LogP contribution in [0.5, 0.6) is 5.75 Å². The molecule has 90 valence electrons. The highest BCUT2D eigenvalue weighted by Gasteiger charge is 2.14. The third-order valence-corrected chi connectivity index (χ3v) is 2.67. The molecule has 3 nitrogen and oxygen atoms in total. The lowest BCUT2D eigenvalue weighted by atomic mass is 10.0. The molecule has 0 aliphatic carbocycles. The van der Waals surface area contributed by atoms with Gasteiger partial charge in [0.15, 0.2) is 0 Å². The largest absolute Gasteiger partial charge is 0.508 e. The van der Waals surface area contributed by atoms with Crippen LogP contribution in [0, 0.1) is 0 Å². The maximum atomic E-state index is 9.67. The molecule has 3 heteroatoms. The Hall–Kier alpha value is -1.06. The van der Waals surface area contributed by atoms with Crippen molar-refractivity contribution < 1.29 is 15.3 Å². The summed E-state index contributed by atoms with van der Waals surface area (Å²) in [6.07, 6.45) is 1.36. The summed E-state index contributed by atoms with van der Waals surface area (Å²) in [4.78, 5) is 0. The number of aryl methyl sites for hydroxylation is 1. The summed E-state index contributed by atoms with van der Waals surface area (Å²) in [6.45, 7) is 1.98. The number of hydrogen-bond acceptors (Lipinski definition) is 3. The smallest absolute Gasteiger partial charge is 0.115 e. The molecule has 2 unspecified atom stereocenters. The van der Waals surface area contributed by atoms with Crippen molar-refractivity contribution in [3.63, 3.8) is 0 Å². The minimum atomic E-state index is -0.678. The summed E-state index contributed by atoms with van der Waals surface area (Å²) in [7, 11) is 0. The van der Waals surface area contributed by atoms with Gasteiger partial charge in [-0.05, 0) is 37.0 Å². The second-order valence-corrected chi connectivity index (χ2v) is 4.13. The first-order chi connectivity index (χ1) is 7.63. The van der Waals surface area contributed by atoms with Gasteiger partial charge in [-0.15, -0.1) is 0 Å². The molecule has 0 fully saturated rings. The first-order valence-electron chi connectivity index (χ1n) is 5.77. The van der Waals surface area contributed by atoms with Gasteiger partial charge in [0, 0.05) is 0 Å². The summed E-state index contributed by atoms with van der Waals surface area (Å²) in [6, 6.07) is 6.98. The minimum Gasteiger partial charge on any atom is -0.508 e. The highest BCUT2D eigenvalue weighted by Crippen LogP contribution is 2.15. The number of phenols is 1. The maximum Gasteiger partial charge on any atom is 0.115 e. The predicted octanol–water partition coefficient (Wildman–Crippen LogP) is 1.85. The van der Waals surface area contributed by atoms with E-state index in [9.17, 15) is 15.3 Å². The number of rotatable bonds is 6. The lowest BCUT2D eigenvalue weighted by molar-refractivity contribution is 0.00980. The molecule has 2 atom stereocenters. The van der Waals surface area contributed by atoms with Gasteiger partial charge in [-0.3, -0.25) is 0 Å². The topological polar surface area (TPSA) is 60.7 Å². The van der Waals surface area contributed by atoms with Crippen LogP contribution in [0.3, 0.4) is 0 Å². The molecule has 0 radical (unpaired) electrons. The van der Waals surface area contributed by atoms with Crippen LogP contribution >= 0.6 is 0 Å². The number of phenolic OH excluding ortho intramolecular Hbond substituents is 1. The van der Waals surface area contributed by atoms with Crippen molar-refractivity contribution >= 4 is 0 Å². The highest BCUT2D eigenvalue weighted by molar-refractivity contribution is 5.27. The van der Waals surface area contributed by atoms with Gasteiger partial charge in [0.1, 0.15) is 5.75 Å². The van der Waals surface area contributed by atoms with E-state index in [1.54, 1.807) is 18.2 Å². The van der Waals surface area contributed by atoms with E-state index in [-0.39, 0.29) is 5.75 Å². The number of aliphatic hydroxyl groups is 2. The van der Waals surface area contributed by atoms with Gasteiger partial charge in [-0.1, -0.05) is 25.5 Å².